The number of hydrogen-bond donors (Lipinski definition) is 1. The highest BCUT2D eigenvalue weighted by Gasteiger charge is 2.31. The summed E-state index contributed by atoms with van der Waals surface area (Å²) in [4.78, 5) is 19.6. The van der Waals surface area contributed by atoms with E-state index in [1.807, 2.05) is 60.6 Å². The molecule has 1 aliphatic heterocycles. The molecular formula is C34H31FN6O3S. The zero-order chi connectivity index (χ0) is 31.4. The summed E-state index contributed by atoms with van der Waals surface area (Å²) in [6.45, 7) is 8.23. The Kier molecular flexibility index (Phi) is 7.22. The van der Waals surface area contributed by atoms with Crippen molar-refractivity contribution in [2.75, 3.05) is 13.2 Å². The van der Waals surface area contributed by atoms with Gasteiger partial charge in [0.1, 0.15) is 29.6 Å². The molecule has 0 saturated heterocycles. The summed E-state index contributed by atoms with van der Waals surface area (Å²) in [5.74, 6) is -0.316. The first kappa shape index (κ1) is 28.9. The van der Waals surface area contributed by atoms with Crippen molar-refractivity contribution in [3.63, 3.8) is 0 Å². The highest BCUT2D eigenvalue weighted by Crippen LogP contribution is 2.47. The van der Waals surface area contributed by atoms with Gasteiger partial charge in [0.2, 0.25) is 5.91 Å². The van der Waals surface area contributed by atoms with Crippen LogP contribution in [0.1, 0.15) is 25.6 Å². The van der Waals surface area contributed by atoms with Crippen LogP contribution in [0, 0.1) is 5.82 Å². The minimum Gasteiger partial charge on any atom is -0.490 e. The molecule has 228 valence electrons. The Bertz CT molecular complexity index is 2110. The van der Waals surface area contributed by atoms with Crippen LogP contribution in [0.25, 0.3) is 54.8 Å². The van der Waals surface area contributed by atoms with E-state index in [4.69, 9.17) is 14.8 Å². The molecule has 1 N–H and O–H groups in total. The SMILES string of the molecule is C=CC(=O)N1CCn2nc(-c3nc(-c4ccc5cn(C)nc5c4)c4ccsc4c3-c3c(F)cccc3OC[C@@H](C)O)cc2[C@H]1C. The fourth-order valence-electron chi connectivity index (χ4n) is 6.06. The number of aliphatic hydroxyl groups is 1. The van der Waals surface area contributed by atoms with Crippen molar-refractivity contribution in [2.24, 2.45) is 7.05 Å². The Hall–Kier alpha value is -4.87. The average Bonchev–Trinajstić information content (AvgIpc) is 3.77. The third kappa shape index (κ3) is 4.98. The Balaban J connectivity index is 1.50. The summed E-state index contributed by atoms with van der Waals surface area (Å²) in [6.07, 6.45) is 2.54. The lowest BCUT2D eigenvalue weighted by atomic mass is 9.96. The number of hydrogen-bond acceptors (Lipinski definition) is 7. The quantitative estimate of drug-likeness (QED) is 0.208. The van der Waals surface area contributed by atoms with Crippen LogP contribution in [0.4, 0.5) is 4.39 Å². The number of aliphatic hydroxyl groups excluding tert-OH is 1. The van der Waals surface area contributed by atoms with Crippen LogP contribution in [0.3, 0.4) is 0 Å². The van der Waals surface area contributed by atoms with E-state index in [2.05, 4.69) is 11.7 Å². The zero-order valence-corrected chi connectivity index (χ0v) is 25.9. The van der Waals surface area contributed by atoms with Crippen LogP contribution in [0.2, 0.25) is 0 Å². The lowest BCUT2D eigenvalue weighted by Gasteiger charge is -2.33. The van der Waals surface area contributed by atoms with Gasteiger partial charge in [-0.15, -0.1) is 11.3 Å². The van der Waals surface area contributed by atoms with Crippen LogP contribution in [0.15, 0.2) is 72.8 Å². The molecule has 0 radical (unpaired) electrons. The standard InChI is InChI=1S/C34H31FN6O3S/c1-5-29(43)40-12-13-41-27(20(40)3)16-26(38-41)33-31(30-24(35)7-6-8-28(30)44-18-19(2)42)34-23(11-14-45-34)32(36-33)21-9-10-22-17-39(4)37-25(22)15-21/h5-11,14-17,19-20,42H,1,12-13,18H2,2-4H3/t19-,20-/m1/s1. The van der Waals surface area contributed by atoms with E-state index in [1.165, 1.54) is 23.5 Å². The maximum absolute atomic E-state index is 16.0. The predicted octanol–water partition coefficient (Wildman–Crippen LogP) is 6.37. The Morgan fingerprint density at radius 2 is 2.02 bits per heavy atom. The van der Waals surface area contributed by atoms with Crippen molar-refractivity contribution >= 4 is 38.2 Å². The Morgan fingerprint density at radius 3 is 2.82 bits per heavy atom. The van der Waals surface area contributed by atoms with E-state index in [0.29, 0.717) is 35.8 Å². The number of aryl methyl sites for hydroxylation is 1. The number of amides is 1. The maximum atomic E-state index is 16.0. The second-order valence-corrected chi connectivity index (χ2v) is 12.2. The lowest BCUT2D eigenvalue weighted by Crippen LogP contribution is -2.40. The van der Waals surface area contributed by atoms with Crippen LogP contribution in [-0.2, 0) is 18.4 Å². The molecule has 11 heteroatoms. The fraction of sp³-hybridized carbons (Fsp3) is 0.235. The molecule has 1 aliphatic rings. The molecular weight excluding hydrogens is 591 g/mol. The minimum atomic E-state index is -0.744. The van der Waals surface area contributed by atoms with Gasteiger partial charge in [-0.3, -0.25) is 14.2 Å². The molecule has 7 rings (SSSR count). The topological polar surface area (TPSA) is 98.3 Å². The molecule has 6 aromatic rings. The van der Waals surface area contributed by atoms with Crippen molar-refractivity contribution in [3.8, 4) is 39.5 Å². The van der Waals surface area contributed by atoms with Crippen molar-refractivity contribution in [1.82, 2.24) is 29.4 Å². The van der Waals surface area contributed by atoms with Gasteiger partial charge in [-0.2, -0.15) is 10.2 Å². The van der Waals surface area contributed by atoms with E-state index in [0.717, 1.165) is 37.9 Å². The highest BCUT2D eigenvalue weighted by atomic mass is 32.1. The molecule has 0 spiro atoms. The average molecular weight is 623 g/mol. The second kappa shape index (κ2) is 11.2. The lowest BCUT2D eigenvalue weighted by molar-refractivity contribution is -0.129. The first-order chi connectivity index (χ1) is 21.7. The molecule has 0 unspecified atom stereocenters. The molecule has 0 fully saturated rings. The Morgan fingerprint density at radius 1 is 1.18 bits per heavy atom. The van der Waals surface area contributed by atoms with E-state index in [-0.39, 0.29) is 24.1 Å². The van der Waals surface area contributed by atoms with E-state index >= 15 is 4.39 Å². The Labute approximate surface area is 262 Å². The van der Waals surface area contributed by atoms with Gasteiger partial charge >= 0.3 is 0 Å². The number of benzene rings is 2. The molecule has 9 nitrogen and oxygen atoms in total. The van der Waals surface area contributed by atoms with Crippen LogP contribution >= 0.6 is 11.3 Å². The molecule has 1 amide bonds. The van der Waals surface area contributed by atoms with Gasteiger partial charge in [-0.25, -0.2) is 9.37 Å². The fourth-order valence-corrected chi connectivity index (χ4v) is 7.01. The van der Waals surface area contributed by atoms with Gasteiger partial charge in [0.25, 0.3) is 0 Å². The van der Waals surface area contributed by atoms with Gasteiger partial charge in [0.15, 0.2) is 0 Å². The number of aromatic nitrogens is 5. The summed E-state index contributed by atoms with van der Waals surface area (Å²) in [6, 6.07) is 14.4. The first-order valence-electron chi connectivity index (χ1n) is 14.7. The van der Waals surface area contributed by atoms with Gasteiger partial charge in [-0.1, -0.05) is 24.8 Å². The van der Waals surface area contributed by atoms with Gasteiger partial charge < -0.3 is 14.7 Å². The summed E-state index contributed by atoms with van der Waals surface area (Å²) >= 11 is 1.49. The number of carbonyl (C=O) groups is 1. The first-order valence-corrected chi connectivity index (χ1v) is 15.6. The molecule has 5 heterocycles. The molecule has 0 aliphatic carbocycles. The summed E-state index contributed by atoms with van der Waals surface area (Å²) in [5, 5.41) is 23.4. The third-order valence-electron chi connectivity index (χ3n) is 8.17. The number of fused-ring (bicyclic) bond motifs is 3. The van der Waals surface area contributed by atoms with Gasteiger partial charge in [0.05, 0.1) is 41.2 Å². The summed E-state index contributed by atoms with van der Waals surface area (Å²) in [7, 11) is 1.89. The smallest absolute Gasteiger partial charge is 0.246 e. The molecule has 4 aromatic heterocycles. The van der Waals surface area contributed by atoms with Crippen molar-refractivity contribution in [1.29, 1.82) is 0 Å². The van der Waals surface area contributed by atoms with Crippen molar-refractivity contribution < 1.29 is 19.0 Å². The van der Waals surface area contributed by atoms with Crippen molar-refractivity contribution in [3.05, 3.63) is 84.3 Å². The molecule has 2 aromatic carbocycles. The van der Waals surface area contributed by atoms with Crippen LogP contribution in [0.5, 0.6) is 5.75 Å². The number of pyridine rings is 1. The molecule has 0 saturated carbocycles. The monoisotopic (exact) mass is 622 g/mol. The maximum Gasteiger partial charge on any atom is 0.246 e. The number of ether oxygens (including phenoxy) is 1. The molecule has 2 atom stereocenters. The number of halogens is 1. The predicted molar refractivity (Wildman–Crippen MR) is 173 cm³/mol. The minimum absolute atomic E-state index is 0.00156. The van der Waals surface area contributed by atoms with E-state index in [9.17, 15) is 9.90 Å². The number of carbonyl (C=O) groups excluding carboxylic acids is 1. The van der Waals surface area contributed by atoms with Gasteiger partial charge in [0, 0.05) is 46.4 Å². The van der Waals surface area contributed by atoms with Crippen LogP contribution < -0.4 is 4.74 Å². The number of thiophene rings is 1. The van der Waals surface area contributed by atoms with Crippen molar-refractivity contribution in [2.45, 2.75) is 32.5 Å². The molecule has 0 bridgehead atoms. The summed E-state index contributed by atoms with van der Waals surface area (Å²) in [5.41, 5.74) is 5.14. The van der Waals surface area contributed by atoms with Gasteiger partial charge in [-0.05, 0) is 55.6 Å². The molecule has 45 heavy (non-hydrogen) atoms. The number of rotatable bonds is 7. The normalized spacial score (nSPS) is 15.4. The second-order valence-electron chi connectivity index (χ2n) is 11.3. The third-order valence-corrected chi connectivity index (χ3v) is 9.10. The summed E-state index contributed by atoms with van der Waals surface area (Å²) < 4.78 is 26.5. The number of nitrogens with zero attached hydrogens (tertiary/aromatic N) is 6. The largest absolute Gasteiger partial charge is 0.490 e. The van der Waals surface area contributed by atoms with E-state index in [1.54, 1.807) is 28.6 Å². The van der Waals surface area contributed by atoms with Crippen LogP contribution in [-0.4, -0.2) is 59.7 Å². The zero-order valence-electron chi connectivity index (χ0n) is 25.1. The highest BCUT2D eigenvalue weighted by molar-refractivity contribution is 7.18. The van der Waals surface area contributed by atoms with E-state index < -0.39 is 11.9 Å².